The molecule has 9 nitrogen and oxygen atoms in total. The summed E-state index contributed by atoms with van der Waals surface area (Å²) in [5.41, 5.74) is 1.64. The van der Waals surface area contributed by atoms with Crippen LogP contribution < -0.4 is 15.6 Å². The van der Waals surface area contributed by atoms with Crippen molar-refractivity contribution in [1.82, 2.24) is 9.55 Å². The van der Waals surface area contributed by atoms with Gasteiger partial charge in [0.2, 0.25) is 5.91 Å². The van der Waals surface area contributed by atoms with Gasteiger partial charge in [0.1, 0.15) is 5.75 Å². The molecule has 1 N–H and O–H groups in total. The number of halogens is 1. The molecule has 1 aromatic heterocycles. The van der Waals surface area contributed by atoms with Crippen LogP contribution in [0.3, 0.4) is 0 Å². The van der Waals surface area contributed by atoms with E-state index in [2.05, 4.69) is 10.3 Å². The number of non-ortho nitro benzene ring substituents is 1. The quantitative estimate of drug-likeness (QED) is 0.161. The molecule has 0 fully saturated rings. The summed E-state index contributed by atoms with van der Waals surface area (Å²) in [5.74, 6) is -0.323. The first-order valence-corrected chi connectivity index (χ1v) is 11.7. The average Bonchev–Trinajstić information content (AvgIpc) is 2.85. The number of benzene rings is 3. The van der Waals surface area contributed by atoms with E-state index in [1.165, 1.54) is 29.9 Å². The van der Waals surface area contributed by atoms with Crippen LogP contribution >= 0.6 is 23.4 Å². The molecule has 11 heteroatoms. The van der Waals surface area contributed by atoms with E-state index in [9.17, 15) is 19.7 Å². The molecule has 178 valence electrons. The predicted molar refractivity (Wildman–Crippen MR) is 136 cm³/mol. The monoisotopic (exact) mass is 510 g/mol. The maximum atomic E-state index is 13.4. The number of anilines is 1. The molecule has 35 heavy (non-hydrogen) atoms. The lowest BCUT2D eigenvalue weighted by Crippen LogP contribution is -2.23. The second-order valence-corrected chi connectivity index (χ2v) is 8.76. The van der Waals surface area contributed by atoms with Crippen LogP contribution in [0.1, 0.15) is 5.56 Å². The second-order valence-electron chi connectivity index (χ2n) is 7.41. The van der Waals surface area contributed by atoms with E-state index in [0.717, 1.165) is 11.8 Å². The number of methoxy groups -OCH3 is 1. The van der Waals surface area contributed by atoms with Crippen LogP contribution in [0.4, 0.5) is 11.4 Å². The minimum absolute atomic E-state index is 0.0788. The van der Waals surface area contributed by atoms with Crippen molar-refractivity contribution < 1.29 is 14.5 Å². The highest BCUT2D eigenvalue weighted by Gasteiger charge is 2.18. The van der Waals surface area contributed by atoms with Crippen molar-refractivity contribution in [2.75, 3.05) is 18.2 Å². The van der Waals surface area contributed by atoms with Gasteiger partial charge in [-0.05, 0) is 42.8 Å². The van der Waals surface area contributed by atoms with Gasteiger partial charge in [-0.15, -0.1) is 0 Å². The molecule has 0 spiro atoms. The topological polar surface area (TPSA) is 116 Å². The number of nitrogens with zero attached hydrogens (tertiary/aromatic N) is 3. The number of para-hydroxylation sites is 1. The zero-order valence-electron chi connectivity index (χ0n) is 18.6. The van der Waals surface area contributed by atoms with Gasteiger partial charge in [-0.3, -0.25) is 24.3 Å². The van der Waals surface area contributed by atoms with Gasteiger partial charge < -0.3 is 10.1 Å². The summed E-state index contributed by atoms with van der Waals surface area (Å²) in [4.78, 5) is 41.2. The number of carbonyl (C=O) groups excluding carboxylic acids is 1. The first kappa shape index (κ1) is 24.2. The lowest BCUT2D eigenvalue weighted by molar-refractivity contribution is -0.384. The van der Waals surface area contributed by atoms with E-state index in [0.29, 0.717) is 38.0 Å². The molecule has 0 unspecified atom stereocenters. The van der Waals surface area contributed by atoms with Crippen molar-refractivity contribution in [2.45, 2.75) is 12.1 Å². The summed E-state index contributed by atoms with van der Waals surface area (Å²) < 4.78 is 6.62. The molecule has 1 amide bonds. The number of hydrogen-bond acceptors (Lipinski definition) is 7. The molecule has 4 rings (SSSR count). The van der Waals surface area contributed by atoms with Gasteiger partial charge in [0.05, 0.1) is 46.1 Å². The van der Waals surface area contributed by atoms with Crippen LogP contribution in [0.15, 0.2) is 70.6 Å². The highest BCUT2D eigenvalue weighted by Crippen LogP contribution is 2.30. The van der Waals surface area contributed by atoms with E-state index in [1.54, 1.807) is 49.4 Å². The van der Waals surface area contributed by atoms with Crippen LogP contribution in [0.2, 0.25) is 5.02 Å². The predicted octanol–water partition coefficient (Wildman–Crippen LogP) is 5.00. The Bertz CT molecular complexity index is 1520. The van der Waals surface area contributed by atoms with Crippen molar-refractivity contribution >= 4 is 51.5 Å². The standard InChI is InChI=1S/C24H19ClN4O5S/c1-14-17(25)7-5-9-20(14)28-23(31)16-6-3-4-8-18(16)27-24(28)35-13-22(30)26-19-11-10-15(29(32)33)12-21(19)34-2/h3-12H,13H2,1-2H3,(H,26,30). The number of thioether (sulfide) groups is 1. The number of rotatable bonds is 7. The van der Waals surface area contributed by atoms with Gasteiger partial charge in [-0.25, -0.2) is 4.98 Å². The van der Waals surface area contributed by atoms with Gasteiger partial charge >= 0.3 is 0 Å². The van der Waals surface area contributed by atoms with Crippen molar-refractivity contribution in [3.8, 4) is 11.4 Å². The lowest BCUT2D eigenvalue weighted by Gasteiger charge is -2.16. The van der Waals surface area contributed by atoms with Crippen LogP contribution in [-0.4, -0.2) is 33.2 Å². The third-order valence-corrected chi connectivity index (χ3v) is 6.58. The maximum Gasteiger partial charge on any atom is 0.273 e. The van der Waals surface area contributed by atoms with E-state index < -0.39 is 10.8 Å². The SMILES string of the molecule is COc1cc([N+](=O)[O-])ccc1NC(=O)CSc1nc2ccccc2c(=O)n1-c1cccc(Cl)c1C. The first-order valence-electron chi connectivity index (χ1n) is 10.3. The zero-order valence-corrected chi connectivity index (χ0v) is 20.2. The molecule has 4 aromatic rings. The van der Waals surface area contributed by atoms with Crippen molar-refractivity contribution in [2.24, 2.45) is 0 Å². The van der Waals surface area contributed by atoms with Crippen LogP contribution in [0, 0.1) is 17.0 Å². The Morgan fingerprint density at radius 1 is 1.20 bits per heavy atom. The zero-order chi connectivity index (χ0) is 25.1. The number of amides is 1. The molecular weight excluding hydrogens is 492 g/mol. The Morgan fingerprint density at radius 3 is 2.71 bits per heavy atom. The summed E-state index contributed by atoms with van der Waals surface area (Å²) in [6, 6.07) is 16.1. The third kappa shape index (κ3) is 4.98. The number of fused-ring (bicyclic) bond motifs is 1. The van der Waals surface area contributed by atoms with Crippen molar-refractivity contribution in [3.63, 3.8) is 0 Å². The summed E-state index contributed by atoms with van der Waals surface area (Å²) in [5, 5.41) is 14.9. The number of nitrogens with one attached hydrogen (secondary N) is 1. The number of nitro benzene ring substituents is 1. The number of aromatic nitrogens is 2. The Balaban J connectivity index is 1.67. The lowest BCUT2D eigenvalue weighted by atomic mass is 10.2. The smallest absolute Gasteiger partial charge is 0.273 e. The third-order valence-electron chi connectivity index (χ3n) is 5.23. The highest BCUT2D eigenvalue weighted by atomic mass is 35.5. The van der Waals surface area contributed by atoms with Gasteiger partial charge in [0.25, 0.3) is 11.2 Å². The average molecular weight is 511 g/mol. The molecular formula is C24H19ClN4O5S. The van der Waals surface area contributed by atoms with Crippen molar-refractivity contribution in [1.29, 1.82) is 0 Å². The van der Waals surface area contributed by atoms with E-state index in [-0.39, 0.29) is 22.7 Å². The fourth-order valence-corrected chi connectivity index (χ4v) is 4.45. The van der Waals surface area contributed by atoms with E-state index in [1.807, 2.05) is 0 Å². The van der Waals surface area contributed by atoms with E-state index >= 15 is 0 Å². The normalized spacial score (nSPS) is 10.8. The molecule has 0 aliphatic carbocycles. The van der Waals surface area contributed by atoms with Gasteiger partial charge in [0, 0.05) is 11.1 Å². The number of nitro groups is 1. The Labute approximate surface area is 208 Å². The van der Waals surface area contributed by atoms with Crippen molar-refractivity contribution in [3.05, 3.63) is 91.7 Å². The summed E-state index contributed by atoms with van der Waals surface area (Å²) in [6.07, 6.45) is 0. The molecule has 0 saturated heterocycles. The Morgan fingerprint density at radius 2 is 1.97 bits per heavy atom. The number of carbonyl (C=O) groups is 1. The van der Waals surface area contributed by atoms with Gasteiger partial charge in [0.15, 0.2) is 5.16 Å². The van der Waals surface area contributed by atoms with Crippen LogP contribution in [0.5, 0.6) is 5.75 Å². The Hall–Kier alpha value is -3.89. The summed E-state index contributed by atoms with van der Waals surface area (Å²) in [6.45, 7) is 1.81. The van der Waals surface area contributed by atoms with E-state index in [4.69, 9.17) is 16.3 Å². The van der Waals surface area contributed by atoms with Crippen LogP contribution in [-0.2, 0) is 4.79 Å². The molecule has 0 saturated carbocycles. The molecule has 0 aliphatic rings. The minimum atomic E-state index is -0.549. The molecule has 0 atom stereocenters. The molecule has 0 bridgehead atoms. The fraction of sp³-hybridized carbons (Fsp3) is 0.125. The molecule has 3 aromatic carbocycles. The fourth-order valence-electron chi connectivity index (χ4n) is 3.47. The molecule has 1 heterocycles. The number of hydrogen-bond donors (Lipinski definition) is 1. The molecule has 0 radical (unpaired) electrons. The first-order chi connectivity index (χ1) is 16.8. The largest absolute Gasteiger partial charge is 0.494 e. The van der Waals surface area contributed by atoms with Crippen LogP contribution in [0.25, 0.3) is 16.6 Å². The van der Waals surface area contributed by atoms with Gasteiger partial charge in [-0.1, -0.05) is 41.6 Å². The number of ether oxygens (including phenoxy) is 1. The minimum Gasteiger partial charge on any atom is -0.494 e. The van der Waals surface area contributed by atoms with Gasteiger partial charge in [-0.2, -0.15) is 0 Å². The summed E-state index contributed by atoms with van der Waals surface area (Å²) >= 11 is 7.38. The Kier molecular flexibility index (Phi) is 7.04. The molecule has 0 aliphatic heterocycles. The highest BCUT2D eigenvalue weighted by molar-refractivity contribution is 7.99. The summed E-state index contributed by atoms with van der Waals surface area (Å²) in [7, 11) is 1.36. The maximum absolute atomic E-state index is 13.4. The second kappa shape index (κ2) is 10.2.